The predicted molar refractivity (Wildman–Crippen MR) is 133 cm³/mol. The van der Waals surface area contributed by atoms with Gasteiger partial charge in [0, 0.05) is 37.8 Å². The van der Waals surface area contributed by atoms with Gasteiger partial charge in [0.25, 0.3) is 0 Å². The van der Waals surface area contributed by atoms with Crippen LogP contribution in [0, 0.1) is 13.8 Å². The zero-order valence-electron chi connectivity index (χ0n) is 20.2. The second-order valence-electron chi connectivity index (χ2n) is 9.20. The molecular formula is C27H30N6O. The van der Waals surface area contributed by atoms with Crippen LogP contribution < -0.4 is 4.90 Å². The molecule has 2 aromatic carbocycles. The SMILES string of the molecule is CCCc1ccc(N2CC(c3nc(-c4cnn(C)c4)nn3-c3ccc(C)c(C)c3)CC2=O)cc1. The number of amides is 1. The van der Waals surface area contributed by atoms with Crippen LogP contribution in [-0.2, 0) is 18.3 Å². The summed E-state index contributed by atoms with van der Waals surface area (Å²) in [6.07, 6.45) is 6.25. The number of carbonyl (C=O) groups is 1. The summed E-state index contributed by atoms with van der Waals surface area (Å²) in [4.78, 5) is 19.9. The van der Waals surface area contributed by atoms with Crippen LogP contribution in [0.3, 0.4) is 0 Å². The minimum absolute atomic E-state index is 0.0534. The lowest BCUT2D eigenvalue weighted by Crippen LogP contribution is -2.24. The zero-order chi connectivity index (χ0) is 23.8. The molecule has 1 atom stereocenters. The molecule has 0 radical (unpaired) electrons. The van der Waals surface area contributed by atoms with Gasteiger partial charge in [0.05, 0.1) is 17.4 Å². The maximum atomic E-state index is 13.1. The normalized spacial score (nSPS) is 15.9. The fraction of sp³-hybridized carbons (Fsp3) is 0.333. The Kier molecular flexibility index (Phi) is 5.77. The van der Waals surface area contributed by atoms with Crippen molar-refractivity contribution in [1.29, 1.82) is 0 Å². The first-order valence-electron chi connectivity index (χ1n) is 11.9. The topological polar surface area (TPSA) is 68.8 Å². The van der Waals surface area contributed by atoms with Crippen LogP contribution in [0.5, 0.6) is 0 Å². The first-order chi connectivity index (χ1) is 16.4. The van der Waals surface area contributed by atoms with Crippen LogP contribution in [0.2, 0.25) is 0 Å². The predicted octanol–water partition coefficient (Wildman–Crippen LogP) is 4.76. The highest BCUT2D eigenvalue weighted by Crippen LogP contribution is 2.33. The third-order valence-corrected chi connectivity index (χ3v) is 6.61. The maximum absolute atomic E-state index is 13.1. The van der Waals surface area contributed by atoms with Crippen molar-refractivity contribution in [3.8, 4) is 17.1 Å². The molecule has 5 rings (SSSR count). The number of anilines is 1. The smallest absolute Gasteiger partial charge is 0.227 e. The number of aryl methyl sites for hydroxylation is 4. The van der Waals surface area contributed by atoms with E-state index in [0.29, 0.717) is 18.8 Å². The average molecular weight is 455 g/mol. The third kappa shape index (κ3) is 4.14. The molecule has 0 aliphatic carbocycles. The Balaban J connectivity index is 1.51. The molecule has 0 spiro atoms. The van der Waals surface area contributed by atoms with E-state index in [2.05, 4.69) is 68.3 Å². The van der Waals surface area contributed by atoms with Crippen molar-refractivity contribution in [2.45, 2.75) is 46.0 Å². The number of aromatic nitrogens is 5. The fourth-order valence-electron chi connectivity index (χ4n) is 4.56. The molecule has 1 amide bonds. The molecule has 1 unspecified atom stereocenters. The molecule has 34 heavy (non-hydrogen) atoms. The van der Waals surface area contributed by atoms with E-state index in [-0.39, 0.29) is 11.8 Å². The Bertz CT molecular complexity index is 1330. The van der Waals surface area contributed by atoms with E-state index in [1.165, 1.54) is 16.7 Å². The number of carbonyl (C=O) groups excluding carboxylic acids is 1. The number of hydrogen-bond acceptors (Lipinski definition) is 4. The Morgan fingerprint density at radius 1 is 1.03 bits per heavy atom. The first kappa shape index (κ1) is 22.1. The lowest BCUT2D eigenvalue weighted by molar-refractivity contribution is -0.117. The molecule has 7 nitrogen and oxygen atoms in total. The van der Waals surface area contributed by atoms with E-state index in [0.717, 1.165) is 35.6 Å². The van der Waals surface area contributed by atoms with E-state index in [1.807, 2.05) is 22.8 Å². The number of nitrogens with zero attached hydrogens (tertiary/aromatic N) is 6. The lowest BCUT2D eigenvalue weighted by Gasteiger charge is -2.17. The number of rotatable bonds is 6. The van der Waals surface area contributed by atoms with Crippen molar-refractivity contribution < 1.29 is 4.79 Å². The highest BCUT2D eigenvalue weighted by molar-refractivity contribution is 5.96. The quantitative estimate of drug-likeness (QED) is 0.421. The molecule has 2 aromatic heterocycles. The summed E-state index contributed by atoms with van der Waals surface area (Å²) in [5, 5.41) is 9.13. The van der Waals surface area contributed by atoms with E-state index in [4.69, 9.17) is 10.1 Å². The Morgan fingerprint density at radius 3 is 2.47 bits per heavy atom. The Labute approximate surface area is 200 Å². The molecule has 0 bridgehead atoms. The van der Waals surface area contributed by atoms with Crippen molar-refractivity contribution in [3.05, 3.63) is 77.4 Å². The van der Waals surface area contributed by atoms with Crippen LogP contribution in [-0.4, -0.2) is 37.0 Å². The highest BCUT2D eigenvalue weighted by atomic mass is 16.2. The van der Waals surface area contributed by atoms with Gasteiger partial charge in [0.15, 0.2) is 5.82 Å². The van der Waals surface area contributed by atoms with Gasteiger partial charge in [0.1, 0.15) is 5.82 Å². The molecule has 0 saturated carbocycles. The summed E-state index contributed by atoms with van der Waals surface area (Å²) in [5.74, 6) is 1.49. The molecule has 174 valence electrons. The number of benzene rings is 2. The highest BCUT2D eigenvalue weighted by Gasteiger charge is 2.35. The molecule has 1 aliphatic heterocycles. The number of hydrogen-bond donors (Lipinski definition) is 0. The van der Waals surface area contributed by atoms with E-state index in [1.54, 1.807) is 10.9 Å². The Hall–Kier alpha value is -3.74. The summed E-state index contributed by atoms with van der Waals surface area (Å²) in [6, 6.07) is 14.6. The van der Waals surface area contributed by atoms with Crippen molar-refractivity contribution in [3.63, 3.8) is 0 Å². The van der Waals surface area contributed by atoms with Gasteiger partial charge in [-0.05, 0) is 61.2 Å². The first-order valence-corrected chi connectivity index (χ1v) is 11.9. The summed E-state index contributed by atoms with van der Waals surface area (Å²) < 4.78 is 3.65. The summed E-state index contributed by atoms with van der Waals surface area (Å²) >= 11 is 0. The molecular weight excluding hydrogens is 424 g/mol. The van der Waals surface area contributed by atoms with Crippen molar-refractivity contribution >= 4 is 11.6 Å². The summed E-state index contributed by atoms with van der Waals surface area (Å²) in [5.41, 5.74) is 6.47. The molecule has 1 saturated heterocycles. The van der Waals surface area contributed by atoms with Crippen LogP contribution >= 0.6 is 0 Å². The minimum Gasteiger partial charge on any atom is -0.312 e. The van der Waals surface area contributed by atoms with Crippen molar-refractivity contribution in [1.82, 2.24) is 24.5 Å². The van der Waals surface area contributed by atoms with Gasteiger partial charge in [-0.15, -0.1) is 5.10 Å². The molecule has 0 N–H and O–H groups in total. The van der Waals surface area contributed by atoms with E-state index >= 15 is 0 Å². The van der Waals surface area contributed by atoms with Gasteiger partial charge in [0.2, 0.25) is 5.91 Å². The van der Waals surface area contributed by atoms with Gasteiger partial charge in [-0.25, -0.2) is 9.67 Å². The lowest BCUT2D eigenvalue weighted by atomic mass is 10.1. The summed E-state index contributed by atoms with van der Waals surface area (Å²) in [7, 11) is 1.88. The monoisotopic (exact) mass is 454 g/mol. The van der Waals surface area contributed by atoms with Gasteiger partial charge < -0.3 is 4.90 Å². The van der Waals surface area contributed by atoms with Crippen molar-refractivity contribution in [2.75, 3.05) is 11.4 Å². The molecule has 3 heterocycles. The van der Waals surface area contributed by atoms with E-state index in [9.17, 15) is 4.79 Å². The van der Waals surface area contributed by atoms with E-state index < -0.39 is 0 Å². The molecule has 1 fully saturated rings. The average Bonchev–Trinajstić information content (AvgIpc) is 3.54. The van der Waals surface area contributed by atoms with Gasteiger partial charge >= 0.3 is 0 Å². The second-order valence-corrected chi connectivity index (χ2v) is 9.20. The standard InChI is InChI=1S/C27H30N6O/c1-5-6-20-8-11-23(12-9-20)32-17-21(14-25(32)34)27-29-26(22-15-28-31(4)16-22)30-33(27)24-10-7-18(2)19(3)13-24/h7-13,15-16,21H,5-6,14,17H2,1-4H3. The fourth-order valence-corrected chi connectivity index (χ4v) is 4.56. The van der Waals surface area contributed by atoms with Crippen LogP contribution in [0.15, 0.2) is 54.9 Å². The van der Waals surface area contributed by atoms with Crippen LogP contribution in [0.25, 0.3) is 17.1 Å². The third-order valence-electron chi connectivity index (χ3n) is 6.61. The van der Waals surface area contributed by atoms with Gasteiger partial charge in [-0.1, -0.05) is 31.5 Å². The zero-order valence-corrected chi connectivity index (χ0v) is 20.2. The van der Waals surface area contributed by atoms with Crippen molar-refractivity contribution in [2.24, 2.45) is 7.05 Å². The van der Waals surface area contributed by atoms with Gasteiger partial charge in [-0.3, -0.25) is 9.48 Å². The maximum Gasteiger partial charge on any atom is 0.227 e. The summed E-state index contributed by atoms with van der Waals surface area (Å²) in [6.45, 7) is 6.96. The van der Waals surface area contributed by atoms with Gasteiger partial charge in [-0.2, -0.15) is 5.10 Å². The minimum atomic E-state index is -0.0534. The molecule has 4 aromatic rings. The Morgan fingerprint density at radius 2 is 1.79 bits per heavy atom. The van der Waals surface area contributed by atoms with Crippen LogP contribution in [0.1, 0.15) is 48.2 Å². The molecule has 7 heteroatoms. The molecule has 1 aliphatic rings. The van der Waals surface area contributed by atoms with Crippen LogP contribution in [0.4, 0.5) is 5.69 Å². The largest absolute Gasteiger partial charge is 0.312 e. The second kappa shape index (κ2) is 8.89.